The van der Waals surface area contributed by atoms with Crippen LogP contribution in [-0.2, 0) is 0 Å². The lowest BCUT2D eigenvalue weighted by Gasteiger charge is -2.15. The zero-order valence-electron chi connectivity index (χ0n) is 16.1. The average molecular weight is 370 g/mol. The third-order valence-electron chi connectivity index (χ3n) is 5.36. The molecule has 0 spiro atoms. The van der Waals surface area contributed by atoms with Gasteiger partial charge in [-0.1, -0.05) is 66.7 Å². The van der Waals surface area contributed by atoms with Crippen molar-refractivity contribution in [3.63, 3.8) is 0 Å². The highest BCUT2D eigenvalue weighted by atomic mass is 16.1. The molecule has 3 heteroatoms. The van der Waals surface area contributed by atoms with Crippen LogP contribution in [0.3, 0.4) is 0 Å². The number of hydrogen-bond donors (Lipinski definition) is 1. The van der Waals surface area contributed by atoms with Crippen molar-refractivity contribution in [2.75, 3.05) is 26.2 Å². The third-order valence-corrected chi connectivity index (χ3v) is 5.36. The van der Waals surface area contributed by atoms with Gasteiger partial charge in [-0.3, -0.25) is 4.79 Å². The molecule has 0 bridgehead atoms. The van der Waals surface area contributed by atoms with Gasteiger partial charge in [-0.25, -0.2) is 0 Å². The predicted molar refractivity (Wildman–Crippen MR) is 115 cm³/mol. The van der Waals surface area contributed by atoms with E-state index in [1.807, 2.05) is 24.3 Å². The predicted octanol–water partition coefficient (Wildman–Crippen LogP) is 4.85. The Labute approximate surface area is 167 Å². The van der Waals surface area contributed by atoms with Crippen molar-refractivity contribution >= 4 is 5.91 Å². The Balaban J connectivity index is 1.42. The van der Waals surface area contributed by atoms with Crippen molar-refractivity contribution < 1.29 is 4.79 Å². The fourth-order valence-corrected chi connectivity index (χ4v) is 3.76. The number of nitrogens with one attached hydrogen (secondary N) is 1. The second-order valence-corrected chi connectivity index (χ2v) is 7.33. The van der Waals surface area contributed by atoms with Crippen LogP contribution in [0.15, 0.2) is 78.9 Å². The Morgan fingerprint density at radius 2 is 1.36 bits per heavy atom. The maximum atomic E-state index is 12.5. The van der Waals surface area contributed by atoms with Crippen LogP contribution < -0.4 is 5.32 Å². The highest BCUT2D eigenvalue weighted by molar-refractivity contribution is 5.95. The van der Waals surface area contributed by atoms with Gasteiger partial charge in [0.15, 0.2) is 0 Å². The van der Waals surface area contributed by atoms with Gasteiger partial charge in [0.1, 0.15) is 0 Å². The molecule has 1 saturated heterocycles. The van der Waals surface area contributed by atoms with Gasteiger partial charge in [-0.05, 0) is 60.3 Å². The van der Waals surface area contributed by atoms with E-state index in [-0.39, 0.29) is 5.91 Å². The molecule has 1 aliphatic heterocycles. The Bertz CT molecular complexity index is 913. The maximum absolute atomic E-state index is 12.5. The van der Waals surface area contributed by atoms with Crippen LogP contribution in [0.4, 0.5) is 0 Å². The molecule has 1 fully saturated rings. The normalized spacial score (nSPS) is 14.1. The molecule has 1 aliphatic rings. The lowest BCUT2D eigenvalue weighted by atomic mass is 9.99. The number of likely N-dealkylation sites (tertiary alicyclic amines) is 1. The van der Waals surface area contributed by atoms with E-state index in [4.69, 9.17) is 0 Å². The molecule has 0 radical (unpaired) electrons. The lowest BCUT2D eigenvalue weighted by molar-refractivity contribution is 0.0950. The molecule has 0 saturated carbocycles. The van der Waals surface area contributed by atoms with Crippen LogP contribution in [0.1, 0.15) is 23.2 Å². The number of amides is 1. The van der Waals surface area contributed by atoms with Crippen molar-refractivity contribution in [2.24, 2.45) is 0 Å². The molecule has 1 heterocycles. The lowest BCUT2D eigenvalue weighted by Crippen LogP contribution is -2.33. The minimum absolute atomic E-state index is 0.00181. The molecule has 0 atom stereocenters. The number of nitrogens with zero attached hydrogens (tertiary/aromatic N) is 1. The Hall–Kier alpha value is -2.91. The van der Waals surface area contributed by atoms with Gasteiger partial charge in [0, 0.05) is 18.7 Å². The van der Waals surface area contributed by atoms with E-state index in [0.29, 0.717) is 12.1 Å². The van der Waals surface area contributed by atoms with Gasteiger partial charge in [0.2, 0.25) is 0 Å². The topological polar surface area (TPSA) is 32.3 Å². The minimum atomic E-state index is 0.00181. The number of benzene rings is 3. The first kappa shape index (κ1) is 18.5. The smallest absolute Gasteiger partial charge is 0.251 e. The summed E-state index contributed by atoms with van der Waals surface area (Å²) in [6, 6.07) is 26.7. The van der Waals surface area contributed by atoms with E-state index in [9.17, 15) is 4.79 Å². The Morgan fingerprint density at radius 3 is 2.07 bits per heavy atom. The van der Waals surface area contributed by atoms with Crippen LogP contribution in [0.2, 0.25) is 0 Å². The van der Waals surface area contributed by atoms with E-state index in [1.54, 1.807) is 0 Å². The fraction of sp³-hybridized carbons (Fsp3) is 0.240. The second-order valence-electron chi connectivity index (χ2n) is 7.33. The number of carbonyl (C=O) groups is 1. The summed E-state index contributed by atoms with van der Waals surface area (Å²) < 4.78 is 0. The van der Waals surface area contributed by atoms with Gasteiger partial charge in [0.25, 0.3) is 5.91 Å². The number of carbonyl (C=O) groups excluding carboxylic acids is 1. The van der Waals surface area contributed by atoms with Crippen LogP contribution in [0, 0.1) is 0 Å². The van der Waals surface area contributed by atoms with Gasteiger partial charge in [-0.15, -0.1) is 0 Å². The summed E-state index contributed by atoms with van der Waals surface area (Å²) in [5, 5.41) is 3.05. The SMILES string of the molecule is O=C(NCCN1CCCC1)c1cccc(-c2ccc(-c3ccccc3)cc2)c1. The maximum Gasteiger partial charge on any atom is 0.251 e. The van der Waals surface area contributed by atoms with Gasteiger partial charge in [-0.2, -0.15) is 0 Å². The summed E-state index contributed by atoms with van der Waals surface area (Å²) in [5.74, 6) is 0.00181. The monoisotopic (exact) mass is 370 g/mol. The molecule has 4 rings (SSSR count). The Morgan fingerprint density at radius 1 is 0.750 bits per heavy atom. The largest absolute Gasteiger partial charge is 0.351 e. The quantitative estimate of drug-likeness (QED) is 0.673. The molecular formula is C25H26N2O. The van der Waals surface area contributed by atoms with Gasteiger partial charge < -0.3 is 10.2 Å². The average Bonchev–Trinajstić information content (AvgIpc) is 3.28. The molecule has 142 valence electrons. The molecule has 3 aromatic carbocycles. The van der Waals surface area contributed by atoms with E-state index in [0.717, 1.165) is 30.8 Å². The van der Waals surface area contributed by atoms with Crippen molar-refractivity contribution in [2.45, 2.75) is 12.8 Å². The summed E-state index contributed by atoms with van der Waals surface area (Å²) >= 11 is 0. The summed E-state index contributed by atoms with van der Waals surface area (Å²) in [7, 11) is 0. The van der Waals surface area contributed by atoms with E-state index < -0.39 is 0 Å². The molecule has 28 heavy (non-hydrogen) atoms. The molecule has 0 aromatic heterocycles. The van der Waals surface area contributed by atoms with Crippen molar-refractivity contribution in [3.8, 4) is 22.3 Å². The molecule has 3 nitrogen and oxygen atoms in total. The van der Waals surface area contributed by atoms with E-state index in [1.165, 1.54) is 24.0 Å². The van der Waals surface area contributed by atoms with Crippen LogP contribution in [-0.4, -0.2) is 37.0 Å². The first-order valence-corrected chi connectivity index (χ1v) is 10.1. The summed E-state index contributed by atoms with van der Waals surface area (Å²) in [6.07, 6.45) is 2.55. The zero-order chi connectivity index (χ0) is 19.2. The van der Waals surface area contributed by atoms with Crippen LogP contribution in [0.5, 0.6) is 0 Å². The molecular weight excluding hydrogens is 344 g/mol. The van der Waals surface area contributed by atoms with E-state index >= 15 is 0 Å². The zero-order valence-corrected chi connectivity index (χ0v) is 16.1. The van der Waals surface area contributed by atoms with Gasteiger partial charge in [0.05, 0.1) is 0 Å². The number of rotatable bonds is 6. The first-order valence-electron chi connectivity index (χ1n) is 10.1. The van der Waals surface area contributed by atoms with Crippen LogP contribution >= 0.6 is 0 Å². The van der Waals surface area contributed by atoms with E-state index in [2.05, 4.69) is 64.8 Å². The minimum Gasteiger partial charge on any atom is -0.351 e. The molecule has 1 N–H and O–H groups in total. The number of hydrogen-bond acceptors (Lipinski definition) is 2. The highest BCUT2D eigenvalue weighted by Gasteiger charge is 2.12. The van der Waals surface area contributed by atoms with Crippen molar-refractivity contribution in [3.05, 3.63) is 84.4 Å². The molecule has 3 aromatic rings. The first-order chi connectivity index (χ1) is 13.8. The molecule has 0 aliphatic carbocycles. The molecule has 1 amide bonds. The summed E-state index contributed by atoms with van der Waals surface area (Å²) in [5.41, 5.74) is 5.30. The Kier molecular flexibility index (Phi) is 5.83. The highest BCUT2D eigenvalue weighted by Crippen LogP contribution is 2.25. The van der Waals surface area contributed by atoms with Crippen molar-refractivity contribution in [1.82, 2.24) is 10.2 Å². The summed E-state index contributed by atoms with van der Waals surface area (Å²) in [4.78, 5) is 14.9. The van der Waals surface area contributed by atoms with Gasteiger partial charge >= 0.3 is 0 Å². The summed E-state index contributed by atoms with van der Waals surface area (Å²) in [6.45, 7) is 3.95. The van der Waals surface area contributed by atoms with Crippen molar-refractivity contribution in [1.29, 1.82) is 0 Å². The fourth-order valence-electron chi connectivity index (χ4n) is 3.76. The molecule has 0 unspecified atom stereocenters. The standard InChI is InChI=1S/C25H26N2O/c28-25(26-15-18-27-16-4-5-17-27)24-10-6-9-23(19-24)22-13-11-21(12-14-22)20-7-2-1-3-8-20/h1-3,6-14,19H,4-5,15-18H2,(H,26,28). The van der Waals surface area contributed by atoms with Crippen LogP contribution in [0.25, 0.3) is 22.3 Å². The third kappa shape index (κ3) is 4.49. The second kappa shape index (κ2) is 8.85.